The number of piperidine rings is 1. The summed E-state index contributed by atoms with van der Waals surface area (Å²) >= 11 is 6.22. The fourth-order valence-corrected chi connectivity index (χ4v) is 4.45. The second kappa shape index (κ2) is 7.80. The Hall–Kier alpha value is -3.65. The zero-order chi connectivity index (χ0) is 22.4. The Balaban J connectivity index is 1.30. The monoisotopic (exact) mass is 449 g/mol. The summed E-state index contributed by atoms with van der Waals surface area (Å²) in [5.41, 5.74) is 4.86. The van der Waals surface area contributed by atoms with Crippen LogP contribution in [0.5, 0.6) is 0 Å². The van der Waals surface area contributed by atoms with E-state index < -0.39 is 11.9 Å². The Kier molecular flexibility index (Phi) is 4.94. The molecule has 1 atom stereocenters. The minimum Gasteiger partial charge on any atom is -0.352 e. The molecule has 32 heavy (non-hydrogen) atoms. The highest BCUT2D eigenvalue weighted by atomic mass is 35.5. The van der Waals surface area contributed by atoms with Crippen LogP contribution in [0.4, 0.5) is 5.95 Å². The van der Waals surface area contributed by atoms with E-state index in [1.165, 1.54) is 0 Å². The number of carbonyl (C=O) groups excluding carboxylic acids is 3. The Morgan fingerprint density at radius 2 is 2.09 bits per heavy atom. The lowest BCUT2D eigenvalue weighted by Gasteiger charge is -2.29. The molecule has 162 valence electrons. The van der Waals surface area contributed by atoms with Gasteiger partial charge in [-0.3, -0.25) is 19.7 Å². The van der Waals surface area contributed by atoms with Crippen molar-refractivity contribution in [3.05, 3.63) is 64.2 Å². The molecule has 0 bridgehead atoms. The fourth-order valence-electron chi connectivity index (χ4n) is 4.21. The van der Waals surface area contributed by atoms with Crippen LogP contribution in [0.15, 0.2) is 36.9 Å². The largest absolute Gasteiger partial charge is 0.352 e. The Labute approximate surface area is 188 Å². The van der Waals surface area contributed by atoms with Gasteiger partial charge in [0.15, 0.2) is 0 Å². The zero-order valence-electron chi connectivity index (χ0n) is 17.1. The first kappa shape index (κ1) is 20.3. The Morgan fingerprint density at radius 3 is 2.88 bits per heavy atom. The van der Waals surface area contributed by atoms with E-state index in [-0.39, 0.29) is 18.2 Å². The van der Waals surface area contributed by atoms with E-state index in [9.17, 15) is 14.4 Å². The highest BCUT2D eigenvalue weighted by molar-refractivity contribution is 6.32. The van der Waals surface area contributed by atoms with Crippen molar-refractivity contribution >= 4 is 52.4 Å². The molecule has 3 N–H and O–H groups in total. The molecule has 2 aromatic carbocycles. The zero-order valence-corrected chi connectivity index (χ0v) is 17.8. The first-order valence-electron chi connectivity index (χ1n) is 10.2. The third kappa shape index (κ3) is 3.52. The van der Waals surface area contributed by atoms with E-state index in [0.717, 1.165) is 27.7 Å². The Bertz CT molecular complexity index is 1300. The lowest BCUT2D eigenvalue weighted by molar-refractivity contribution is -0.136. The molecular weight excluding hydrogens is 430 g/mol. The third-order valence-corrected chi connectivity index (χ3v) is 6.20. The molecule has 5 rings (SSSR count). The molecule has 2 aliphatic heterocycles. The van der Waals surface area contributed by atoms with Crippen molar-refractivity contribution in [1.29, 1.82) is 0 Å². The summed E-state index contributed by atoms with van der Waals surface area (Å²) in [5, 5.41) is 6.18. The Morgan fingerprint density at radius 1 is 1.25 bits per heavy atom. The second-order valence-corrected chi connectivity index (χ2v) is 8.33. The van der Waals surface area contributed by atoms with Gasteiger partial charge in [-0.05, 0) is 41.3 Å². The van der Waals surface area contributed by atoms with Gasteiger partial charge in [-0.1, -0.05) is 36.4 Å². The van der Waals surface area contributed by atoms with Crippen LogP contribution in [0.2, 0.25) is 5.02 Å². The second-order valence-electron chi connectivity index (χ2n) is 7.93. The average molecular weight is 450 g/mol. The number of hydrogen-bond acceptors (Lipinski definition) is 5. The van der Waals surface area contributed by atoms with Crippen LogP contribution in [0.1, 0.15) is 39.9 Å². The van der Waals surface area contributed by atoms with Gasteiger partial charge >= 0.3 is 0 Å². The molecule has 0 radical (unpaired) electrons. The van der Waals surface area contributed by atoms with Crippen molar-refractivity contribution in [1.82, 2.24) is 20.2 Å². The maximum Gasteiger partial charge on any atom is 0.255 e. The maximum absolute atomic E-state index is 12.8. The van der Waals surface area contributed by atoms with Crippen LogP contribution in [-0.4, -0.2) is 38.6 Å². The summed E-state index contributed by atoms with van der Waals surface area (Å²) in [6.07, 6.45) is 2.28. The smallest absolute Gasteiger partial charge is 0.255 e. The average Bonchev–Trinajstić information content (AvgIpc) is 3.31. The van der Waals surface area contributed by atoms with Crippen molar-refractivity contribution in [3.8, 4) is 0 Å². The van der Waals surface area contributed by atoms with Crippen LogP contribution >= 0.6 is 11.6 Å². The predicted molar refractivity (Wildman–Crippen MR) is 121 cm³/mol. The van der Waals surface area contributed by atoms with Gasteiger partial charge in [-0.2, -0.15) is 0 Å². The molecular formula is C23H20ClN5O3. The van der Waals surface area contributed by atoms with Gasteiger partial charge in [0.2, 0.25) is 17.8 Å². The molecule has 1 fully saturated rings. The molecule has 0 aliphatic carbocycles. The van der Waals surface area contributed by atoms with Gasteiger partial charge in [0.05, 0.1) is 11.0 Å². The van der Waals surface area contributed by atoms with Gasteiger partial charge in [0.1, 0.15) is 6.04 Å². The van der Waals surface area contributed by atoms with Gasteiger partial charge in [-0.15, -0.1) is 0 Å². The van der Waals surface area contributed by atoms with Crippen molar-refractivity contribution in [2.45, 2.75) is 32.0 Å². The fraction of sp³-hybridized carbons (Fsp3) is 0.217. The topological polar surface area (TPSA) is 107 Å². The number of aromatic amines is 1. The van der Waals surface area contributed by atoms with Gasteiger partial charge in [0.25, 0.3) is 5.91 Å². The number of nitrogens with one attached hydrogen (secondary N) is 3. The normalized spacial score (nSPS) is 18.1. The van der Waals surface area contributed by atoms with E-state index in [4.69, 9.17) is 11.6 Å². The number of hydrogen-bond donors (Lipinski definition) is 3. The van der Waals surface area contributed by atoms with Crippen molar-refractivity contribution in [3.63, 3.8) is 0 Å². The number of H-pyrrole nitrogens is 1. The van der Waals surface area contributed by atoms with Crippen LogP contribution < -0.4 is 10.6 Å². The molecule has 1 saturated heterocycles. The van der Waals surface area contributed by atoms with Gasteiger partial charge in [-0.25, -0.2) is 4.98 Å². The quantitative estimate of drug-likeness (QED) is 0.518. The summed E-state index contributed by atoms with van der Waals surface area (Å²) in [5.74, 6) is -0.272. The van der Waals surface area contributed by atoms with E-state index >= 15 is 0 Å². The first-order valence-corrected chi connectivity index (χ1v) is 10.6. The lowest BCUT2D eigenvalue weighted by Crippen LogP contribution is -2.52. The van der Waals surface area contributed by atoms with Crippen molar-refractivity contribution in [2.75, 3.05) is 5.32 Å². The SMILES string of the molecule is C=Cc1cc2nc(NCc3ccc4c(c3)CN(C3CCC(=O)NC3=O)C4=O)[nH]c2cc1Cl. The molecule has 0 saturated carbocycles. The molecule has 1 unspecified atom stereocenters. The molecule has 8 nitrogen and oxygen atoms in total. The van der Waals surface area contributed by atoms with E-state index in [2.05, 4.69) is 27.2 Å². The minimum atomic E-state index is -0.614. The number of imidazole rings is 1. The molecule has 3 aromatic rings. The lowest BCUT2D eigenvalue weighted by atomic mass is 10.0. The number of carbonyl (C=O) groups is 3. The summed E-state index contributed by atoms with van der Waals surface area (Å²) in [6, 6.07) is 8.70. The van der Waals surface area contributed by atoms with Gasteiger partial charge in [0, 0.05) is 30.1 Å². The number of benzene rings is 2. The molecule has 9 heteroatoms. The van der Waals surface area contributed by atoms with E-state index in [1.807, 2.05) is 24.3 Å². The third-order valence-electron chi connectivity index (χ3n) is 5.87. The van der Waals surface area contributed by atoms with Crippen molar-refractivity contribution < 1.29 is 14.4 Å². The number of anilines is 1. The number of imide groups is 1. The van der Waals surface area contributed by atoms with E-state index in [1.54, 1.807) is 17.0 Å². The summed E-state index contributed by atoms with van der Waals surface area (Å²) in [7, 11) is 0. The number of halogens is 1. The number of nitrogens with zero attached hydrogens (tertiary/aromatic N) is 2. The van der Waals surface area contributed by atoms with Crippen molar-refractivity contribution in [2.24, 2.45) is 0 Å². The highest BCUT2D eigenvalue weighted by Gasteiger charge is 2.39. The summed E-state index contributed by atoms with van der Waals surface area (Å²) in [4.78, 5) is 45.7. The summed E-state index contributed by atoms with van der Waals surface area (Å²) < 4.78 is 0. The van der Waals surface area contributed by atoms with Crippen LogP contribution in [0.3, 0.4) is 0 Å². The number of rotatable bonds is 5. The van der Waals surface area contributed by atoms with E-state index in [0.29, 0.717) is 36.0 Å². The number of aromatic nitrogens is 2. The highest BCUT2D eigenvalue weighted by Crippen LogP contribution is 2.29. The molecule has 1 aromatic heterocycles. The maximum atomic E-state index is 12.8. The molecule has 2 aliphatic rings. The number of amides is 3. The number of fused-ring (bicyclic) bond motifs is 2. The van der Waals surface area contributed by atoms with Crippen LogP contribution in [-0.2, 0) is 22.7 Å². The molecule has 3 amide bonds. The molecule has 3 heterocycles. The predicted octanol–water partition coefficient (Wildman–Crippen LogP) is 3.23. The van der Waals surface area contributed by atoms with Crippen LogP contribution in [0.25, 0.3) is 17.1 Å². The van der Waals surface area contributed by atoms with Crippen LogP contribution in [0, 0.1) is 0 Å². The van der Waals surface area contributed by atoms with Gasteiger partial charge < -0.3 is 15.2 Å². The minimum absolute atomic E-state index is 0.179. The molecule has 0 spiro atoms. The first-order chi connectivity index (χ1) is 15.4. The summed E-state index contributed by atoms with van der Waals surface area (Å²) in [6.45, 7) is 4.61. The standard InChI is InChI=1S/C23H20ClN5O3/c1-2-13-8-17-18(9-16(13)24)27-23(26-17)25-10-12-3-4-15-14(7-12)11-29(22(15)32)19-5-6-20(30)28-21(19)31/h2-4,7-9,19H,1,5-6,10-11H2,(H2,25,26,27)(H,28,30,31).